The molecule has 1 aromatic heterocycles. The smallest absolute Gasteiger partial charge is 0.358 e. The molecule has 9 nitrogen and oxygen atoms in total. The number of hydrogen-bond donors (Lipinski definition) is 1. The quantitative estimate of drug-likeness (QED) is 0.667. The van der Waals surface area contributed by atoms with E-state index in [1.807, 2.05) is 4.90 Å². The molecule has 2 aliphatic rings. The van der Waals surface area contributed by atoms with Gasteiger partial charge in [-0.2, -0.15) is 10.2 Å². The van der Waals surface area contributed by atoms with Crippen LogP contribution in [0.2, 0.25) is 0 Å². The summed E-state index contributed by atoms with van der Waals surface area (Å²) in [5, 5.41) is 24.6. The Morgan fingerprint density at radius 1 is 1.33 bits per heavy atom. The number of nitrogens with zero attached hydrogens (tertiary/aromatic N) is 6. The summed E-state index contributed by atoms with van der Waals surface area (Å²) in [6, 6.07) is 0.137. The molecule has 0 spiro atoms. The highest BCUT2D eigenvalue weighted by Crippen LogP contribution is 2.38. The van der Waals surface area contributed by atoms with Gasteiger partial charge in [-0.1, -0.05) is 5.21 Å². The summed E-state index contributed by atoms with van der Waals surface area (Å²) in [4.78, 5) is 25.6. The zero-order valence-corrected chi connectivity index (χ0v) is 15.3. The molecule has 3 heterocycles. The molecule has 1 unspecified atom stereocenters. The molecular weight excluding hydrogens is 348 g/mol. The summed E-state index contributed by atoms with van der Waals surface area (Å²) >= 11 is 0. The van der Waals surface area contributed by atoms with Gasteiger partial charge in [-0.3, -0.25) is 9.48 Å². The Labute approximate surface area is 157 Å². The molecule has 3 rings (SSSR count). The Bertz CT molecular complexity index is 759. The molecule has 0 aromatic carbocycles. The number of carbonyl (C=O) groups is 2. The number of rotatable bonds is 9. The lowest BCUT2D eigenvalue weighted by Crippen LogP contribution is -2.44. The van der Waals surface area contributed by atoms with Gasteiger partial charge in [0.25, 0.3) is 0 Å². The van der Waals surface area contributed by atoms with E-state index in [2.05, 4.69) is 26.5 Å². The number of aromatic carboxylic acids is 1. The van der Waals surface area contributed by atoms with E-state index in [1.54, 1.807) is 0 Å². The minimum absolute atomic E-state index is 0.0687. The van der Waals surface area contributed by atoms with Crippen molar-refractivity contribution in [2.75, 3.05) is 6.54 Å². The molecule has 2 aliphatic heterocycles. The fraction of sp³-hybridized carbons (Fsp3) is 0.667. The second-order valence-corrected chi connectivity index (χ2v) is 7.08. The Kier molecular flexibility index (Phi) is 5.84. The van der Waals surface area contributed by atoms with E-state index in [-0.39, 0.29) is 17.6 Å². The summed E-state index contributed by atoms with van der Waals surface area (Å²) in [5.41, 5.74) is -0.498. The number of piperidine rings is 1. The normalized spacial score (nSPS) is 20.3. The third-order valence-electron chi connectivity index (χ3n) is 5.19. The maximum Gasteiger partial charge on any atom is 0.358 e. The van der Waals surface area contributed by atoms with Gasteiger partial charge in [0.05, 0.1) is 6.20 Å². The van der Waals surface area contributed by atoms with Crippen LogP contribution in [0.25, 0.3) is 0 Å². The molecule has 27 heavy (non-hydrogen) atoms. The number of likely N-dealkylation sites (tertiary alicyclic amines) is 1. The number of terminal acetylenes is 1. The maximum atomic E-state index is 12.8. The topological polar surface area (TPSA) is 113 Å². The summed E-state index contributed by atoms with van der Waals surface area (Å²) in [5.74, 6) is 1.63. The molecule has 9 heteroatoms. The number of hydrogen-bond acceptors (Lipinski definition) is 6. The van der Waals surface area contributed by atoms with E-state index in [0.29, 0.717) is 32.2 Å². The van der Waals surface area contributed by atoms with Crippen LogP contribution in [0.1, 0.15) is 61.9 Å². The predicted octanol–water partition coefficient (Wildman–Crippen LogP) is 2.10. The van der Waals surface area contributed by atoms with Gasteiger partial charge >= 0.3 is 5.97 Å². The molecule has 1 saturated heterocycles. The van der Waals surface area contributed by atoms with Gasteiger partial charge in [0.15, 0.2) is 11.4 Å². The lowest BCUT2D eigenvalue weighted by atomic mass is 9.97. The summed E-state index contributed by atoms with van der Waals surface area (Å²) in [6.07, 6.45) is 12.8. The number of aryl methyl sites for hydroxylation is 1. The van der Waals surface area contributed by atoms with Crippen LogP contribution in [0, 0.1) is 12.3 Å². The zero-order chi connectivity index (χ0) is 19.3. The van der Waals surface area contributed by atoms with Crippen molar-refractivity contribution in [3.63, 3.8) is 0 Å². The second kappa shape index (κ2) is 8.29. The van der Waals surface area contributed by atoms with Crippen molar-refractivity contribution in [2.24, 2.45) is 10.2 Å². The van der Waals surface area contributed by atoms with Gasteiger partial charge in [0, 0.05) is 44.8 Å². The molecule has 0 saturated carbocycles. The lowest BCUT2D eigenvalue weighted by molar-refractivity contribution is -0.135. The standard InChI is InChI=1S/C18H24N6O3/c1-2-3-9-18(20-21-18)10-7-16(25)24-11-5-4-6-14(24)8-12-23-13-15(17(26)27)19-22-23/h1,13-14H,3-12H2,(H,26,27). The first-order chi connectivity index (χ1) is 13.0. The minimum Gasteiger partial charge on any atom is -0.476 e. The molecule has 0 radical (unpaired) electrons. The van der Waals surface area contributed by atoms with Crippen LogP contribution in [-0.2, 0) is 11.3 Å². The predicted molar refractivity (Wildman–Crippen MR) is 95.8 cm³/mol. The molecule has 1 aromatic rings. The van der Waals surface area contributed by atoms with Crippen LogP contribution in [0.4, 0.5) is 0 Å². The first-order valence-electron chi connectivity index (χ1n) is 9.33. The highest BCUT2D eigenvalue weighted by molar-refractivity contribution is 5.84. The fourth-order valence-corrected chi connectivity index (χ4v) is 3.53. The Morgan fingerprint density at radius 2 is 2.15 bits per heavy atom. The van der Waals surface area contributed by atoms with E-state index in [9.17, 15) is 9.59 Å². The van der Waals surface area contributed by atoms with E-state index in [1.165, 1.54) is 10.9 Å². The highest BCUT2D eigenvalue weighted by atomic mass is 16.4. The fourth-order valence-electron chi connectivity index (χ4n) is 3.53. The molecular formula is C18H24N6O3. The second-order valence-electron chi connectivity index (χ2n) is 7.08. The maximum absolute atomic E-state index is 12.8. The SMILES string of the molecule is C#CCCC1(CCC(=O)N2CCCCC2CCn2cc(C(=O)O)nn2)N=N1. The number of amides is 1. The Morgan fingerprint density at radius 3 is 2.81 bits per heavy atom. The minimum atomic E-state index is -1.09. The van der Waals surface area contributed by atoms with Gasteiger partial charge in [-0.05, 0) is 25.7 Å². The molecule has 0 bridgehead atoms. The van der Waals surface area contributed by atoms with Crippen LogP contribution < -0.4 is 0 Å². The molecule has 1 amide bonds. The van der Waals surface area contributed by atoms with Crippen LogP contribution in [0.3, 0.4) is 0 Å². The van der Waals surface area contributed by atoms with E-state index < -0.39 is 11.6 Å². The van der Waals surface area contributed by atoms with Crippen molar-refractivity contribution < 1.29 is 14.7 Å². The first-order valence-corrected chi connectivity index (χ1v) is 9.33. The zero-order valence-electron chi connectivity index (χ0n) is 15.3. The monoisotopic (exact) mass is 372 g/mol. The van der Waals surface area contributed by atoms with Crippen LogP contribution >= 0.6 is 0 Å². The molecule has 144 valence electrons. The van der Waals surface area contributed by atoms with Gasteiger partial charge in [0.2, 0.25) is 5.91 Å². The average molecular weight is 372 g/mol. The highest BCUT2D eigenvalue weighted by Gasteiger charge is 2.40. The Hall–Kier alpha value is -2.76. The first kappa shape index (κ1) is 19.0. The van der Waals surface area contributed by atoms with E-state index in [0.717, 1.165) is 32.2 Å². The summed E-state index contributed by atoms with van der Waals surface area (Å²) in [7, 11) is 0. The largest absolute Gasteiger partial charge is 0.476 e. The third kappa shape index (κ3) is 4.90. The number of carboxylic acids is 1. The molecule has 1 N–H and O–H groups in total. The molecule has 1 fully saturated rings. The Balaban J connectivity index is 1.51. The van der Waals surface area contributed by atoms with Crippen LogP contribution in [-0.4, -0.2) is 55.1 Å². The summed E-state index contributed by atoms with van der Waals surface area (Å²) < 4.78 is 1.53. The van der Waals surface area contributed by atoms with Gasteiger partial charge in [0.1, 0.15) is 0 Å². The lowest BCUT2D eigenvalue weighted by Gasteiger charge is -2.36. The molecule has 1 atom stereocenters. The summed E-state index contributed by atoms with van der Waals surface area (Å²) in [6.45, 7) is 1.29. The third-order valence-corrected chi connectivity index (χ3v) is 5.19. The van der Waals surface area contributed by atoms with E-state index >= 15 is 0 Å². The van der Waals surface area contributed by atoms with Crippen molar-refractivity contribution in [3.05, 3.63) is 11.9 Å². The van der Waals surface area contributed by atoms with Crippen molar-refractivity contribution in [3.8, 4) is 12.3 Å². The van der Waals surface area contributed by atoms with Crippen molar-refractivity contribution >= 4 is 11.9 Å². The van der Waals surface area contributed by atoms with Crippen molar-refractivity contribution in [2.45, 2.75) is 69.6 Å². The average Bonchev–Trinajstić information content (AvgIpc) is 3.28. The van der Waals surface area contributed by atoms with E-state index in [4.69, 9.17) is 11.5 Å². The van der Waals surface area contributed by atoms with Crippen LogP contribution in [0.15, 0.2) is 16.4 Å². The number of aromatic nitrogens is 3. The number of carboxylic acid groups (broad SMARTS) is 1. The van der Waals surface area contributed by atoms with Crippen LogP contribution in [0.5, 0.6) is 0 Å². The molecule has 0 aliphatic carbocycles. The number of carbonyl (C=O) groups excluding carboxylic acids is 1. The van der Waals surface area contributed by atoms with Crippen molar-refractivity contribution in [1.82, 2.24) is 19.9 Å². The van der Waals surface area contributed by atoms with Crippen molar-refractivity contribution in [1.29, 1.82) is 0 Å². The van der Waals surface area contributed by atoms with Gasteiger partial charge in [-0.25, -0.2) is 4.79 Å². The van der Waals surface area contributed by atoms with Gasteiger partial charge in [-0.15, -0.1) is 17.4 Å². The van der Waals surface area contributed by atoms with Gasteiger partial charge < -0.3 is 10.0 Å².